The maximum atomic E-state index is 13.8. The van der Waals surface area contributed by atoms with Gasteiger partial charge in [0.15, 0.2) is 0 Å². The first kappa shape index (κ1) is 11.7. The molecule has 2 aromatic carbocycles. The highest BCUT2D eigenvalue weighted by molar-refractivity contribution is 6.33. The molecule has 0 amide bonds. The van der Waals surface area contributed by atoms with Crippen LogP contribution >= 0.6 is 11.6 Å². The quantitative estimate of drug-likeness (QED) is 0.826. The summed E-state index contributed by atoms with van der Waals surface area (Å²) in [6.45, 7) is 0. The first-order chi connectivity index (χ1) is 8.11. The van der Waals surface area contributed by atoms with E-state index < -0.39 is 5.82 Å². The SMILES string of the molecule is COc1cccc(-c2cc(N)c(Cl)cc2F)c1. The van der Waals surface area contributed by atoms with Crippen molar-refractivity contribution in [2.24, 2.45) is 0 Å². The van der Waals surface area contributed by atoms with Crippen molar-refractivity contribution in [3.8, 4) is 16.9 Å². The lowest BCUT2D eigenvalue weighted by molar-refractivity contribution is 0.415. The normalized spacial score (nSPS) is 10.3. The van der Waals surface area contributed by atoms with Crippen LogP contribution in [-0.2, 0) is 0 Å². The Morgan fingerprint density at radius 3 is 2.71 bits per heavy atom. The van der Waals surface area contributed by atoms with E-state index in [-0.39, 0.29) is 5.02 Å². The highest BCUT2D eigenvalue weighted by Crippen LogP contribution is 2.31. The Morgan fingerprint density at radius 1 is 1.24 bits per heavy atom. The molecule has 0 aliphatic rings. The molecular formula is C13H11ClFNO. The van der Waals surface area contributed by atoms with Crippen LogP contribution in [0.25, 0.3) is 11.1 Å². The van der Waals surface area contributed by atoms with Crippen LogP contribution in [0.2, 0.25) is 5.02 Å². The van der Waals surface area contributed by atoms with E-state index in [1.165, 1.54) is 12.1 Å². The van der Waals surface area contributed by atoms with Gasteiger partial charge < -0.3 is 10.5 Å². The number of nitrogens with two attached hydrogens (primary N) is 1. The van der Waals surface area contributed by atoms with Gasteiger partial charge in [0, 0.05) is 5.56 Å². The third-order valence-corrected chi connectivity index (χ3v) is 2.79. The molecule has 0 spiro atoms. The van der Waals surface area contributed by atoms with Crippen LogP contribution in [-0.4, -0.2) is 7.11 Å². The number of methoxy groups -OCH3 is 1. The first-order valence-corrected chi connectivity index (χ1v) is 5.38. The van der Waals surface area contributed by atoms with Crippen LogP contribution < -0.4 is 10.5 Å². The predicted molar refractivity (Wildman–Crippen MR) is 67.8 cm³/mol. The standard InChI is InChI=1S/C13H11ClFNO/c1-17-9-4-2-3-8(5-9)10-6-13(16)11(14)7-12(10)15/h2-7H,16H2,1H3. The molecule has 0 aliphatic carbocycles. The van der Waals surface area contributed by atoms with Gasteiger partial charge in [0.25, 0.3) is 0 Å². The van der Waals surface area contributed by atoms with E-state index in [1.807, 2.05) is 0 Å². The summed E-state index contributed by atoms with van der Waals surface area (Å²) in [5, 5.41) is 0.217. The zero-order valence-electron chi connectivity index (χ0n) is 9.21. The minimum absolute atomic E-state index is 0.217. The van der Waals surface area contributed by atoms with Crippen LogP contribution in [0.1, 0.15) is 0 Å². The van der Waals surface area contributed by atoms with Gasteiger partial charge in [-0.1, -0.05) is 23.7 Å². The molecule has 2 rings (SSSR count). The van der Waals surface area contributed by atoms with Crippen molar-refractivity contribution in [2.75, 3.05) is 12.8 Å². The second-order valence-electron chi connectivity index (χ2n) is 3.59. The van der Waals surface area contributed by atoms with Crippen LogP contribution in [0.5, 0.6) is 5.75 Å². The molecule has 0 unspecified atom stereocenters. The van der Waals surface area contributed by atoms with Crippen molar-refractivity contribution in [1.82, 2.24) is 0 Å². The smallest absolute Gasteiger partial charge is 0.132 e. The van der Waals surface area contributed by atoms with Crippen LogP contribution in [0.4, 0.5) is 10.1 Å². The van der Waals surface area contributed by atoms with Crippen molar-refractivity contribution in [3.05, 3.63) is 47.2 Å². The molecule has 4 heteroatoms. The highest BCUT2D eigenvalue weighted by atomic mass is 35.5. The second-order valence-corrected chi connectivity index (χ2v) is 3.99. The van der Waals surface area contributed by atoms with Gasteiger partial charge in [-0.05, 0) is 29.8 Å². The van der Waals surface area contributed by atoms with Gasteiger partial charge >= 0.3 is 0 Å². The molecule has 2 nitrogen and oxygen atoms in total. The molecule has 0 saturated heterocycles. The average molecular weight is 252 g/mol. The Hall–Kier alpha value is -1.74. The summed E-state index contributed by atoms with van der Waals surface area (Å²) < 4.78 is 18.9. The van der Waals surface area contributed by atoms with Gasteiger partial charge in [0.05, 0.1) is 17.8 Å². The number of rotatable bonds is 2. The number of hydrogen-bond donors (Lipinski definition) is 1. The molecule has 0 bridgehead atoms. The Bertz CT molecular complexity index is 557. The largest absolute Gasteiger partial charge is 0.497 e. The summed E-state index contributed by atoms with van der Waals surface area (Å²) in [4.78, 5) is 0. The molecule has 0 aromatic heterocycles. The first-order valence-electron chi connectivity index (χ1n) is 5.01. The third-order valence-electron chi connectivity index (χ3n) is 2.47. The Labute approximate surface area is 104 Å². The molecule has 2 aromatic rings. The molecule has 88 valence electrons. The molecule has 17 heavy (non-hydrogen) atoms. The average Bonchev–Trinajstić information content (AvgIpc) is 2.34. The summed E-state index contributed by atoms with van der Waals surface area (Å²) >= 11 is 5.74. The summed E-state index contributed by atoms with van der Waals surface area (Å²) in [5.74, 6) is 0.257. The predicted octanol–water partition coefficient (Wildman–Crippen LogP) is 3.74. The van der Waals surface area contributed by atoms with Crippen molar-refractivity contribution < 1.29 is 9.13 Å². The molecule has 0 fully saturated rings. The fraction of sp³-hybridized carbons (Fsp3) is 0.0769. The van der Waals surface area contributed by atoms with Gasteiger partial charge in [-0.15, -0.1) is 0 Å². The lowest BCUT2D eigenvalue weighted by atomic mass is 10.0. The van der Waals surface area contributed by atoms with Crippen molar-refractivity contribution >= 4 is 17.3 Å². The zero-order valence-corrected chi connectivity index (χ0v) is 9.96. The lowest BCUT2D eigenvalue weighted by Gasteiger charge is -2.08. The summed E-state index contributed by atoms with van der Waals surface area (Å²) in [6, 6.07) is 9.84. The molecule has 0 radical (unpaired) electrons. The van der Waals surface area contributed by atoms with E-state index in [0.717, 1.165) is 0 Å². The Balaban J connectivity index is 2.56. The van der Waals surface area contributed by atoms with Crippen molar-refractivity contribution in [2.45, 2.75) is 0 Å². The number of benzene rings is 2. The lowest BCUT2D eigenvalue weighted by Crippen LogP contribution is -1.92. The third kappa shape index (κ3) is 2.34. The van der Waals surface area contributed by atoms with Crippen LogP contribution in [0, 0.1) is 5.82 Å². The van der Waals surface area contributed by atoms with Crippen molar-refractivity contribution in [1.29, 1.82) is 0 Å². The van der Waals surface area contributed by atoms with E-state index in [4.69, 9.17) is 22.1 Å². The van der Waals surface area contributed by atoms with E-state index in [1.54, 1.807) is 31.4 Å². The highest BCUT2D eigenvalue weighted by Gasteiger charge is 2.09. The summed E-state index contributed by atoms with van der Waals surface area (Å²) in [7, 11) is 1.56. The van der Waals surface area contributed by atoms with E-state index in [9.17, 15) is 4.39 Å². The monoisotopic (exact) mass is 251 g/mol. The van der Waals surface area contributed by atoms with E-state index in [0.29, 0.717) is 22.6 Å². The number of nitrogen functional groups attached to an aromatic ring is 1. The van der Waals surface area contributed by atoms with Crippen LogP contribution in [0.15, 0.2) is 36.4 Å². The molecule has 0 aliphatic heterocycles. The van der Waals surface area contributed by atoms with E-state index >= 15 is 0 Å². The second kappa shape index (κ2) is 4.63. The number of halogens is 2. The fourth-order valence-corrected chi connectivity index (χ4v) is 1.73. The Morgan fingerprint density at radius 2 is 2.00 bits per heavy atom. The molecule has 2 N–H and O–H groups in total. The van der Waals surface area contributed by atoms with E-state index in [2.05, 4.69) is 0 Å². The molecule has 0 saturated carbocycles. The Kier molecular flexibility index (Phi) is 3.20. The number of ether oxygens (including phenoxy) is 1. The minimum Gasteiger partial charge on any atom is -0.497 e. The number of anilines is 1. The van der Waals surface area contributed by atoms with Gasteiger partial charge in [0.2, 0.25) is 0 Å². The van der Waals surface area contributed by atoms with Gasteiger partial charge in [-0.25, -0.2) is 4.39 Å². The summed E-state index contributed by atoms with van der Waals surface area (Å²) in [5.41, 5.74) is 7.13. The van der Waals surface area contributed by atoms with Gasteiger partial charge in [-0.2, -0.15) is 0 Å². The van der Waals surface area contributed by atoms with Gasteiger partial charge in [-0.3, -0.25) is 0 Å². The van der Waals surface area contributed by atoms with Crippen LogP contribution in [0.3, 0.4) is 0 Å². The fourth-order valence-electron chi connectivity index (χ4n) is 1.58. The maximum Gasteiger partial charge on any atom is 0.132 e. The molecular weight excluding hydrogens is 241 g/mol. The topological polar surface area (TPSA) is 35.2 Å². The maximum absolute atomic E-state index is 13.8. The number of hydrogen-bond acceptors (Lipinski definition) is 2. The zero-order chi connectivity index (χ0) is 12.4. The molecule has 0 atom stereocenters. The minimum atomic E-state index is -0.405. The van der Waals surface area contributed by atoms with Gasteiger partial charge in [0.1, 0.15) is 11.6 Å². The van der Waals surface area contributed by atoms with Crippen molar-refractivity contribution in [3.63, 3.8) is 0 Å². The molecule has 0 heterocycles. The summed E-state index contributed by atoms with van der Waals surface area (Å²) in [6.07, 6.45) is 0.